The number of nitrogens with zero attached hydrogens (tertiary/aromatic N) is 1. The molecule has 6 nitrogen and oxygen atoms in total. The molecule has 0 radical (unpaired) electrons. The summed E-state index contributed by atoms with van der Waals surface area (Å²) in [4.78, 5) is 16.5. The average Bonchev–Trinajstić information content (AvgIpc) is 3.13. The van der Waals surface area contributed by atoms with Gasteiger partial charge in [-0.3, -0.25) is 4.79 Å². The smallest absolute Gasteiger partial charge is 0.221 e. The fourth-order valence-electron chi connectivity index (χ4n) is 3.13. The van der Waals surface area contributed by atoms with E-state index in [0.29, 0.717) is 31.5 Å². The molecule has 0 bridgehead atoms. The van der Waals surface area contributed by atoms with Crippen molar-refractivity contribution < 1.29 is 9.90 Å². The van der Waals surface area contributed by atoms with Gasteiger partial charge in [-0.25, -0.2) is 4.99 Å². The molecule has 1 aliphatic rings. The first-order valence-corrected chi connectivity index (χ1v) is 9.60. The number of hydrogen-bond acceptors (Lipinski definition) is 3. The molecule has 2 rings (SSSR count). The van der Waals surface area contributed by atoms with Gasteiger partial charge in [0.1, 0.15) is 5.60 Å². The van der Waals surface area contributed by atoms with Crippen molar-refractivity contribution in [2.75, 3.05) is 19.6 Å². The van der Waals surface area contributed by atoms with Crippen molar-refractivity contribution in [2.45, 2.75) is 57.6 Å². The van der Waals surface area contributed by atoms with E-state index in [9.17, 15) is 9.90 Å². The van der Waals surface area contributed by atoms with Crippen LogP contribution in [0.5, 0.6) is 0 Å². The predicted octanol–water partition coefficient (Wildman–Crippen LogP) is 2.52. The van der Waals surface area contributed by atoms with Crippen LogP contribution < -0.4 is 16.0 Å². The summed E-state index contributed by atoms with van der Waals surface area (Å²) in [6.45, 7) is 5.20. The zero-order valence-corrected chi connectivity index (χ0v) is 18.7. The number of aliphatic hydroxyl groups is 1. The van der Waals surface area contributed by atoms with E-state index in [1.165, 1.54) is 12.8 Å². The molecule has 1 atom stereocenters. The third kappa shape index (κ3) is 8.47. The third-order valence-corrected chi connectivity index (χ3v) is 4.65. The lowest BCUT2D eigenvalue weighted by Gasteiger charge is -2.22. The van der Waals surface area contributed by atoms with Crippen LogP contribution in [-0.2, 0) is 10.4 Å². The average molecular weight is 488 g/mol. The topological polar surface area (TPSA) is 85.8 Å². The number of rotatable bonds is 8. The minimum Gasteiger partial charge on any atom is -0.384 e. The van der Waals surface area contributed by atoms with Crippen LogP contribution in [0.2, 0.25) is 0 Å². The van der Waals surface area contributed by atoms with Gasteiger partial charge >= 0.3 is 0 Å². The van der Waals surface area contributed by atoms with Crippen LogP contribution in [0.15, 0.2) is 35.3 Å². The summed E-state index contributed by atoms with van der Waals surface area (Å²) in [6, 6.07) is 9.86. The van der Waals surface area contributed by atoms with E-state index in [0.717, 1.165) is 18.4 Å². The minimum absolute atomic E-state index is 0. The van der Waals surface area contributed by atoms with Crippen molar-refractivity contribution in [2.24, 2.45) is 4.99 Å². The Hall–Kier alpha value is -1.35. The Morgan fingerprint density at radius 2 is 1.89 bits per heavy atom. The molecule has 0 aromatic heterocycles. The van der Waals surface area contributed by atoms with Crippen molar-refractivity contribution >= 4 is 35.8 Å². The molecule has 1 saturated carbocycles. The highest BCUT2D eigenvalue weighted by Gasteiger charge is 2.22. The molecule has 0 heterocycles. The molecule has 0 saturated heterocycles. The Balaban J connectivity index is 0.00000364. The first-order valence-electron chi connectivity index (χ1n) is 9.60. The van der Waals surface area contributed by atoms with E-state index in [1.54, 1.807) is 6.92 Å². The number of hydrogen-bond donors (Lipinski definition) is 4. The SMILES string of the molecule is CCNC(=NCC(C)(O)c1ccccc1)NCCC(=O)NC1CCCC1.I. The van der Waals surface area contributed by atoms with Crippen LogP contribution in [-0.4, -0.2) is 42.6 Å². The van der Waals surface area contributed by atoms with Gasteiger partial charge in [-0.15, -0.1) is 24.0 Å². The summed E-state index contributed by atoms with van der Waals surface area (Å²) in [5.74, 6) is 0.689. The number of nitrogens with one attached hydrogen (secondary N) is 3. The van der Waals surface area contributed by atoms with Crippen molar-refractivity contribution in [3.63, 3.8) is 0 Å². The highest BCUT2D eigenvalue weighted by Crippen LogP contribution is 2.20. The van der Waals surface area contributed by atoms with Crippen LogP contribution in [0.4, 0.5) is 0 Å². The summed E-state index contributed by atoms with van der Waals surface area (Å²) in [5, 5.41) is 20.0. The van der Waals surface area contributed by atoms with Crippen LogP contribution in [0.1, 0.15) is 51.5 Å². The summed E-state index contributed by atoms with van der Waals surface area (Å²) in [6.07, 6.45) is 5.02. The fourth-order valence-corrected chi connectivity index (χ4v) is 3.13. The first-order chi connectivity index (χ1) is 12.5. The van der Waals surface area contributed by atoms with Crippen molar-refractivity contribution in [3.8, 4) is 0 Å². The summed E-state index contributed by atoms with van der Waals surface area (Å²) in [5.41, 5.74) is -0.209. The standard InChI is InChI=1S/C20H32N4O2.HI/c1-3-21-19(22-14-13-18(25)24-17-11-7-8-12-17)23-15-20(2,26)16-9-5-4-6-10-16;/h4-6,9-10,17,26H,3,7-8,11-15H2,1-2H3,(H,24,25)(H2,21,22,23);1H. The van der Waals surface area contributed by atoms with E-state index >= 15 is 0 Å². The summed E-state index contributed by atoms with van der Waals surface area (Å²) >= 11 is 0. The highest BCUT2D eigenvalue weighted by molar-refractivity contribution is 14.0. The van der Waals surface area contributed by atoms with E-state index in [-0.39, 0.29) is 36.4 Å². The second-order valence-corrected chi connectivity index (χ2v) is 7.06. The molecule has 1 fully saturated rings. The van der Waals surface area contributed by atoms with E-state index in [2.05, 4.69) is 20.9 Å². The number of carbonyl (C=O) groups is 1. The molecule has 1 unspecified atom stereocenters. The number of carbonyl (C=O) groups excluding carboxylic acids is 1. The zero-order chi connectivity index (χ0) is 18.8. The Kier molecular flexibility index (Phi) is 10.7. The van der Waals surface area contributed by atoms with Gasteiger partial charge in [-0.05, 0) is 32.3 Å². The maximum absolute atomic E-state index is 12.0. The van der Waals surface area contributed by atoms with Gasteiger partial charge in [-0.1, -0.05) is 43.2 Å². The Bertz CT molecular complexity index is 587. The fraction of sp³-hybridized carbons (Fsp3) is 0.600. The maximum Gasteiger partial charge on any atom is 0.221 e. The van der Waals surface area contributed by atoms with Gasteiger partial charge in [0, 0.05) is 25.6 Å². The zero-order valence-electron chi connectivity index (χ0n) is 16.3. The minimum atomic E-state index is -1.04. The van der Waals surface area contributed by atoms with Crippen LogP contribution in [0.3, 0.4) is 0 Å². The molecule has 27 heavy (non-hydrogen) atoms. The molecule has 152 valence electrons. The molecule has 1 amide bonds. The highest BCUT2D eigenvalue weighted by atomic mass is 127. The van der Waals surface area contributed by atoms with Gasteiger partial charge in [0.15, 0.2) is 5.96 Å². The summed E-state index contributed by atoms with van der Waals surface area (Å²) in [7, 11) is 0. The quantitative estimate of drug-likeness (QED) is 0.258. The Morgan fingerprint density at radius 3 is 2.52 bits per heavy atom. The number of guanidine groups is 1. The number of aliphatic imine (C=N–C) groups is 1. The first kappa shape index (κ1) is 23.7. The van der Waals surface area contributed by atoms with Gasteiger partial charge in [0.25, 0.3) is 0 Å². The molecule has 1 aromatic rings. The molecular weight excluding hydrogens is 455 g/mol. The molecule has 1 aromatic carbocycles. The molecule has 1 aliphatic carbocycles. The lowest BCUT2D eigenvalue weighted by Crippen LogP contribution is -2.41. The number of halogens is 1. The van der Waals surface area contributed by atoms with E-state index in [1.807, 2.05) is 37.3 Å². The lowest BCUT2D eigenvalue weighted by molar-refractivity contribution is -0.121. The van der Waals surface area contributed by atoms with Crippen LogP contribution in [0, 0.1) is 0 Å². The molecular formula is C20H33IN4O2. The van der Waals surface area contributed by atoms with Gasteiger partial charge in [-0.2, -0.15) is 0 Å². The predicted molar refractivity (Wildman–Crippen MR) is 120 cm³/mol. The van der Waals surface area contributed by atoms with Gasteiger partial charge < -0.3 is 21.1 Å². The molecule has 7 heteroatoms. The number of benzene rings is 1. The Labute approximate surface area is 179 Å². The van der Waals surface area contributed by atoms with Crippen LogP contribution in [0.25, 0.3) is 0 Å². The second-order valence-electron chi connectivity index (χ2n) is 7.06. The van der Waals surface area contributed by atoms with Crippen LogP contribution >= 0.6 is 24.0 Å². The lowest BCUT2D eigenvalue weighted by atomic mass is 9.96. The number of amides is 1. The van der Waals surface area contributed by atoms with Gasteiger partial charge in [0.05, 0.1) is 6.54 Å². The van der Waals surface area contributed by atoms with E-state index in [4.69, 9.17) is 0 Å². The van der Waals surface area contributed by atoms with Crippen molar-refractivity contribution in [1.82, 2.24) is 16.0 Å². The van der Waals surface area contributed by atoms with Crippen molar-refractivity contribution in [1.29, 1.82) is 0 Å². The second kappa shape index (κ2) is 12.2. The molecule has 4 N–H and O–H groups in total. The monoisotopic (exact) mass is 488 g/mol. The maximum atomic E-state index is 12.0. The van der Waals surface area contributed by atoms with E-state index < -0.39 is 5.60 Å². The van der Waals surface area contributed by atoms with Gasteiger partial charge in [0.2, 0.25) is 5.91 Å². The largest absolute Gasteiger partial charge is 0.384 e. The Morgan fingerprint density at radius 1 is 1.22 bits per heavy atom. The third-order valence-electron chi connectivity index (χ3n) is 4.65. The normalized spacial score (nSPS) is 16.9. The molecule has 0 spiro atoms. The molecule has 0 aliphatic heterocycles. The van der Waals surface area contributed by atoms with Crippen molar-refractivity contribution in [3.05, 3.63) is 35.9 Å². The summed E-state index contributed by atoms with van der Waals surface area (Å²) < 4.78 is 0.